The zero-order valence-electron chi connectivity index (χ0n) is 18.8. The van der Waals surface area contributed by atoms with E-state index in [-0.39, 0.29) is 5.91 Å². The molecule has 2 aromatic heterocycles. The normalized spacial score (nSPS) is 13.8. The summed E-state index contributed by atoms with van der Waals surface area (Å²) in [6.45, 7) is 5.23. The predicted octanol–water partition coefficient (Wildman–Crippen LogP) is 4.05. The largest absolute Gasteiger partial charge is 0.356 e. The van der Waals surface area contributed by atoms with Gasteiger partial charge in [0.15, 0.2) is 10.8 Å². The Morgan fingerprint density at radius 3 is 2.73 bits per heavy atom. The fourth-order valence-corrected chi connectivity index (χ4v) is 4.99. The van der Waals surface area contributed by atoms with E-state index in [0.717, 1.165) is 57.2 Å². The molecule has 1 aliphatic heterocycles. The number of carbonyl (C=O) groups is 1. The number of thioether (sulfide) groups is 1. The molecule has 0 spiro atoms. The summed E-state index contributed by atoms with van der Waals surface area (Å²) in [5, 5.41) is 11.7. The zero-order chi connectivity index (χ0) is 22.6. The van der Waals surface area contributed by atoms with E-state index in [1.54, 1.807) is 11.8 Å². The van der Waals surface area contributed by atoms with Gasteiger partial charge in [0.2, 0.25) is 5.91 Å². The van der Waals surface area contributed by atoms with Crippen LogP contribution in [-0.2, 0) is 17.8 Å². The number of carbonyl (C=O) groups excluding carboxylic acids is 1. The van der Waals surface area contributed by atoms with Crippen molar-refractivity contribution in [3.63, 3.8) is 0 Å². The maximum Gasteiger partial charge on any atom is 0.224 e. The zero-order valence-corrected chi connectivity index (χ0v) is 19.6. The molecule has 5 rings (SSSR count). The molecule has 0 bridgehead atoms. The number of fused-ring (bicyclic) bond motifs is 2. The van der Waals surface area contributed by atoms with Gasteiger partial charge in [0.25, 0.3) is 0 Å². The lowest BCUT2D eigenvalue weighted by molar-refractivity contribution is -0.120. The Hall–Kier alpha value is -3.13. The maximum atomic E-state index is 12.6. The Labute approximate surface area is 197 Å². The second kappa shape index (κ2) is 9.79. The number of rotatable bonds is 8. The van der Waals surface area contributed by atoms with Gasteiger partial charge in [0, 0.05) is 19.6 Å². The van der Waals surface area contributed by atoms with Crippen molar-refractivity contribution in [1.29, 1.82) is 0 Å². The van der Waals surface area contributed by atoms with Gasteiger partial charge >= 0.3 is 0 Å². The molecule has 2 aromatic carbocycles. The van der Waals surface area contributed by atoms with Gasteiger partial charge < -0.3 is 10.2 Å². The number of aromatic nitrogens is 4. The Kier molecular flexibility index (Phi) is 6.44. The van der Waals surface area contributed by atoms with Crippen LogP contribution in [0.4, 0.5) is 5.82 Å². The number of nitrogens with one attached hydrogen (secondary N) is 1. The van der Waals surface area contributed by atoms with Crippen LogP contribution in [0.15, 0.2) is 53.8 Å². The van der Waals surface area contributed by atoms with Gasteiger partial charge in [0.1, 0.15) is 5.82 Å². The van der Waals surface area contributed by atoms with Crippen LogP contribution in [0.25, 0.3) is 21.8 Å². The lowest BCUT2D eigenvalue weighted by Gasteiger charge is -2.17. The molecule has 1 amide bonds. The smallest absolute Gasteiger partial charge is 0.224 e. The number of benzene rings is 2. The van der Waals surface area contributed by atoms with Gasteiger partial charge in [-0.25, -0.2) is 14.6 Å². The summed E-state index contributed by atoms with van der Waals surface area (Å²) in [5.41, 5.74) is 1.88. The average molecular weight is 461 g/mol. The molecule has 7 nitrogen and oxygen atoms in total. The van der Waals surface area contributed by atoms with Gasteiger partial charge in [-0.05, 0) is 34.9 Å². The number of hydrogen-bond acceptors (Lipinski definition) is 6. The molecular weight excluding hydrogens is 432 g/mol. The minimum Gasteiger partial charge on any atom is -0.356 e. The molecule has 0 unspecified atom stereocenters. The van der Waals surface area contributed by atoms with Crippen LogP contribution >= 0.6 is 11.8 Å². The summed E-state index contributed by atoms with van der Waals surface area (Å²) in [6.07, 6.45) is 4.61. The van der Waals surface area contributed by atoms with Crippen molar-refractivity contribution in [3.8, 4) is 0 Å². The lowest BCUT2D eigenvalue weighted by atomic mass is 10.0. The summed E-state index contributed by atoms with van der Waals surface area (Å²) in [7, 11) is 0. The van der Waals surface area contributed by atoms with Crippen LogP contribution in [0.5, 0.6) is 0 Å². The van der Waals surface area contributed by atoms with E-state index in [9.17, 15) is 4.79 Å². The van der Waals surface area contributed by atoms with E-state index in [0.29, 0.717) is 19.5 Å². The fraction of sp³-hybridized carbons (Fsp3) is 0.360. The summed E-state index contributed by atoms with van der Waals surface area (Å²) in [4.78, 5) is 24.6. The van der Waals surface area contributed by atoms with Crippen molar-refractivity contribution in [3.05, 3.63) is 54.2 Å². The van der Waals surface area contributed by atoms with E-state index in [2.05, 4.69) is 40.4 Å². The Morgan fingerprint density at radius 1 is 1.06 bits per heavy atom. The van der Waals surface area contributed by atoms with Gasteiger partial charge in [-0.3, -0.25) is 4.79 Å². The monoisotopic (exact) mass is 460 g/mol. The molecule has 1 saturated heterocycles. The Bertz CT molecular complexity index is 1280. The van der Waals surface area contributed by atoms with E-state index in [1.807, 2.05) is 35.1 Å². The molecule has 1 fully saturated rings. The van der Waals surface area contributed by atoms with E-state index >= 15 is 0 Å². The quantitative estimate of drug-likeness (QED) is 0.316. The minimum atomic E-state index is 0.0115. The first kappa shape index (κ1) is 21.7. The predicted molar refractivity (Wildman–Crippen MR) is 134 cm³/mol. The van der Waals surface area contributed by atoms with Crippen LogP contribution in [0.1, 0.15) is 25.3 Å². The summed E-state index contributed by atoms with van der Waals surface area (Å²) >= 11 is 1.65. The fourth-order valence-electron chi connectivity index (χ4n) is 4.43. The van der Waals surface area contributed by atoms with Gasteiger partial charge in [-0.15, -0.1) is 0 Å². The summed E-state index contributed by atoms with van der Waals surface area (Å²) in [6, 6.07) is 14.3. The summed E-state index contributed by atoms with van der Waals surface area (Å²) < 4.78 is 1.88. The van der Waals surface area contributed by atoms with Crippen molar-refractivity contribution in [2.75, 3.05) is 30.3 Å². The third kappa shape index (κ3) is 4.66. The molecule has 170 valence electrons. The Balaban J connectivity index is 1.29. The van der Waals surface area contributed by atoms with Gasteiger partial charge in [-0.1, -0.05) is 61.2 Å². The first-order valence-corrected chi connectivity index (χ1v) is 12.6. The van der Waals surface area contributed by atoms with Gasteiger partial charge in [-0.2, -0.15) is 5.10 Å². The highest BCUT2D eigenvalue weighted by molar-refractivity contribution is 7.99. The molecular formula is C25H28N6OS. The molecule has 0 radical (unpaired) electrons. The molecule has 0 aliphatic carbocycles. The number of amides is 1. The number of anilines is 1. The minimum absolute atomic E-state index is 0.0115. The average Bonchev–Trinajstić information content (AvgIpc) is 3.50. The highest BCUT2D eigenvalue weighted by Crippen LogP contribution is 2.29. The SMILES string of the molecule is CCSc1nc(N2CCCC2)c2cnn(CCNC(=O)Cc3cccc4ccccc34)c2n1. The number of nitrogens with zero attached hydrogens (tertiary/aromatic N) is 5. The second-order valence-electron chi connectivity index (χ2n) is 8.23. The molecule has 0 saturated carbocycles. The van der Waals surface area contributed by atoms with E-state index < -0.39 is 0 Å². The van der Waals surface area contributed by atoms with Crippen LogP contribution in [-0.4, -0.2) is 51.0 Å². The highest BCUT2D eigenvalue weighted by atomic mass is 32.2. The van der Waals surface area contributed by atoms with Crippen LogP contribution in [0, 0.1) is 0 Å². The van der Waals surface area contributed by atoms with Gasteiger partial charge in [0.05, 0.1) is 24.5 Å². The topological polar surface area (TPSA) is 75.9 Å². The standard InChI is InChI=1S/C25H28N6OS/c1-2-33-25-28-23(30-13-5-6-14-30)21-17-27-31(24(21)29-25)15-12-26-22(32)16-19-10-7-9-18-8-3-4-11-20(18)19/h3-4,7-11,17H,2,5-6,12-16H2,1H3,(H,26,32). The number of hydrogen-bond donors (Lipinski definition) is 1. The highest BCUT2D eigenvalue weighted by Gasteiger charge is 2.20. The molecule has 0 atom stereocenters. The summed E-state index contributed by atoms with van der Waals surface area (Å²) in [5.74, 6) is 1.92. The van der Waals surface area contributed by atoms with Crippen LogP contribution in [0.2, 0.25) is 0 Å². The first-order chi connectivity index (χ1) is 16.2. The Morgan fingerprint density at radius 2 is 1.88 bits per heavy atom. The van der Waals surface area contributed by atoms with Crippen molar-refractivity contribution in [1.82, 2.24) is 25.1 Å². The van der Waals surface area contributed by atoms with Crippen molar-refractivity contribution in [2.24, 2.45) is 0 Å². The molecule has 33 heavy (non-hydrogen) atoms. The van der Waals surface area contributed by atoms with Crippen LogP contribution < -0.4 is 10.2 Å². The van der Waals surface area contributed by atoms with E-state index in [4.69, 9.17) is 9.97 Å². The third-order valence-corrected chi connectivity index (χ3v) is 6.74. The molecule has 1 aliphatic rings. The molecule has 8 heteroatoms. The van der Waals surface area contributed by atoms with E-state index in [1.165, 1.54) is 12.8 Å². The molecule has 3 heterocycles. The third-order valence-electron chi connectivity index (χ3n) is 6.01. The molecule has 1 N–H and O–H groups in total. The second-order valence-corrected chi connectivity index (χ2v) is 9.46. The van der Waals surface area contributed by atoms with Crippen molar-refractivity contribution in [2.45, 2.75) is 37.9 Å². The van der Waals surface area contributed by atoms with Crippen molar-refractivity contribution >= 4 is 45.3 Å². The van der Waals surface area contributed by atoms with Crippen LogP contribution in [0.3, 0.4) is 0 Å². The maximum absolute atomic E-state index is 12.6. The molecule has 4 aromatic rings. The lowest BCUT2D eigenvalue weighted by Crippen LogP contribution is -2.29. The first-order valence-electron chi connectivity index (χ1n) is 11.6. The van der Waals surface area contributed by atoms with Crippen molar-refractivity contribution < 1.29 is 4.79 Å².